The fraction of sp³-hybridized carbons (Fsp3) is 0.222. The number of ether oxygens (including phenoxy) is 1. The van der Waals surface area contributed by atoms with Crippen LogP contribution in [-0.2, 0) is 4.74 Å². The Morgan fingerprint density at radius 2 is 1.61 bits per heavy atom. The van der Waals surface area contributed by atoms with Crippen LogP contribution in [0.25, 0.3) is 0 Å². The van der Waals surface area contributed by atoms with Gasteiger partial charge in [-0.05, 0) is 55.5 Å². The van der Waals surface area contributed by atoms with Crippen LogP contribution in [-0.4, -0.2) is 55.5 Å². The summed E-state index contributed by atoms with van der Waals surface area (Å²) in [6.45, 7) is 4.12. The molecule has 1 fully saturated rings. The number of hydrogen-bond acceptors (Lipinski definition) is 5. The van der Waals surface area contributed by atoms with E-state index < -0.39 is 11.9 Å². The Morgan fingerprint density at radius 1 is 0.889 bits per heavy atom. The molecule has 1 saturated heterocycles. The van der Waals surface area contributed by atoms with Gasteiger partial charge in [0.25, 0.3) is 11.8 Å². The zero-order valence-electron chi connectivity index (χ0n) is 19.7. The second-order valence-corrected chi connectivity index (χ2v) is 9.02. The first-order chi connectivity index (χ1) is 17.4. The smallest absolute Gasteiger partial charge is 0.338 e. The Balaban J connectivity index is 1.56. The van der Waals surface area contributed by atoms with Crippen LogP contribution in [0.3, 0.4) is 0 Å². The number of carbonyl (C=O) groups excluding carboxylic acids is 3. The third-order valence-corrected chi connectivity index (χ3v) is 6.41. The largest absolute Gasteiger partial charge is 0.462 e. The molecule has 7 nitrogen and oxygen atoms in total. The molecular formula is C27H25Cl2N3O4. The molecule has 9 heteroatoms. The van der Waals surface area contributed by atoms with E-state index in [9.17, 15) is 14.4 Å². The van der Waals surface area contributed by atoms with Gasteiger partial charge in [-0.3, -0.25) is 9.59 Å². The summed E-state index contributed by atoms with van der Waals surface area (Å²) in [5, 5.41) is 3.52. The van der Waals surface area contributed by atoms with Crippen molar-refractivity contribution in [3.63, 3.8) is 0 Å². The van der Waals surface area contributed by atoms with E-state index in [1.54, 1.807) is 49.4 Å². The molecule has 186 valence electrons. The molecule has 0 aliphatic carbocycles. The van der Waals surface area contributed by atoms with E-state index in [4.69, 9.17) is 27.9 Å². The van der Waals surface area contributed by atoms with E-state index in [-0.39, 0.29) is 23.1 Å². The predicted molar refractivity (Wildman–Crippen MR) is 141 cm³/mol. The topological polar surface area (TPSA) is 79.0 Å². The predicted octanol–water partition coefficient (Wildman–Crippen LogP) is 5.38. The Bertz CT molecular complexity index is 1280. The maximum absolute atomic E-state index is 13.1. The number of carbonyl (C=O) groups is 3. The average Bonchev–Trinajstić information content (AvgIpc) is 2.89. The van der Waals surface area contributed by atoms with Gasteiger partial charge in [-0.15, -0.1) is 0 Å². The van der Waals surface area contributed by atoms with E-state index >= 15 is 0 Å². The van der Waals surface area contributed by atoms with Crippen LogP contribution in [0.15, 0.2) is 66.7 Å². The van der Waals surface area contributed by atoms with E-state index in [2.05, 4.69) is 10.2 Å². The van der Waals surface area contributed by atoms with Gasteiger partial charge >= 0.3 is 5.97 Å². The molecule has 0 spiro atoms. The number of rotatable bonds is 6. The highest BCUT2D eigenvalue weighted by Gasteiger charge is 2.25. The lowest BCUT2D eigenvalue weighted by Crippen LogP contribution is -2.49. The van der Waals surface area contributed by atoms with Gasteiger partial charge in [0.05, 0.1) is 34.1 Å². The molecule has 1 N–H and O–H groups in total. The first-order valence-corrected chi connectivity index (χ1v) is 12.3. The standard InChI is InChI=1S/C27H25Cl2N3O4/c1-2-36-27(35)19-8-11-24(23(16-19)30-25(33)21-10-9-20(28)17-22(21)29)31-12-14-32(15-13-31)26(34)18-6-4-3-5-7-18/h3-11,16-17H,2,12-15H2,1H3,(H,30,33). The molecule has 0 aromatic heterocycles. The normalized spacial score (nSPS) is 13.3. The van der Waals surface area contributed by atoms with Crippen molar-refractivity contribution in [1.82, 2.24) is 4.90 Å². The van der Waals surface area contributed by atoms with Gasteiger partial charge in [0.2, 0.25) is 0 Å². The van der Waals surface area contributed by atoms with Gasteiger partial charge in [0.15, 0.2) is 0 Å². The maximum atomic E-state index is 13.1. The fourth-order valence-electron chi connectivity index (χ4n) is 4.03. The molecule has 0 atom stereocenters. The Morgan fingerprint density at radius 3 is 2.28 bits per heavy atom. The molecule has 36 heavy (non-hydrogen) atoms. The summed E-state index contributed by atoms with van der Waals surface area (Å²) in [5.41, 5.74) is 2.40. The minimum atomic E-state index is -0.484. The van der Waals surface area contributed by atoms with E-state index in [1.807, 2.05) is 23.1 Å². The van der Waals surface area contributed by atoms with Crippen LogP contribution in [0.1, 0.15) is 38.0 Å². The monoisotopic (exact) mass is 525 g/mol. The Kier molecular flexibility index (Phi) is 8.13. The van der Waals surface area contributed by atoms with Gasteiger partial charge in [-0.2, -0.15) is 0 Å². The van der Waals surface area contributed by atoms with Crippen LogP contribution >= 0.6 is 23.2 Å². The van der Waals surface area contributed by atoms with Crippen molar-refractivity contribution in [2.75, 3.05) is 43.0 Å². The van der Waals surface area contributed by atoms with Crippen molar-refractivity contribution in [1.29, 1.82) is 0 Å². The van der Waals surface area contributed by atoms with Gasteiger partial charge in [-0.25, -0.2) is 4.79 Å². The Hall–Kier alpha value is -3.55. The quantitative estimate of drug-likeness (QED) is 0.436. The number of nitrogens with zero attached hydrogens (tertiary/aromatic N) is 2. The maximum Gasteiger partial charge on any atom is 0.338 e. The zero-order valence-corrected chi connectivity index (χ0v) is 21.2. The minimum Gasteiger partial charge on any atom is -0.462 e. The van der Waals surface area contributed by atoms with E-state index in [0.717, 1.165) is 5.69 Å². The molecule has 1 aliphatic rings. The number of halogens is 2. The van der Waals surface area contributed by atoms with Crippen molar-refractivity contribution in [3.05, 3.63) is 93.5 Å². The molecule has 0 radical (unpaired) electrons. The molecule has 0 saturated carbocycles. The molecule has 2 amide bonds. The zero-order chi connectivity index (χ0) is 25.7. The molecule has 1 aliphatic heterocycles. The third-order valence-electron chi connectivity index (χ3n) is 5.86. The second kappa shape index (κ2) is 11.5. The molecule has 3 aromatic carbocycles. The number of piperazine rings is 1. The van der Waals surface area contributed by atoms with Crippen molar-refractivity contribution in [2.24, 2.45) is 0 Å². The van der Waals surface area contributed by atoms with Gasteiger partial charge < -0.3 is 19.9 Å². The SMILES string of the molecule is CCOC(=O)c1ccc(N2CCN(C(=O)c3ccccc3)CC2)c(NC(=O)c2ccc(Cl)cc2Cl)c1. The summed E-state index contributed by atoms with van der Waals surface area (Å²) >= 11 is 12.2. The molecule has 3 aromatic rings. The molecule has 0 bridgehead atoms. The summed E-state index contributed by atoms with van der Waals surface area (Å²) in [6.07, 6.45) is 0. The van der Waals surface area contributed by atoms with Crippen LogP contribution in [0.5, 0.6) is 0 Å². The van der Waals surface area contributed by atoms with Crippen LogP contribution in [0, 0.1) is 0 Å². The molecule has 4 rings (SSSR count). The second-order valence-electron chi connectivity index (χ2n) is 8.18. The number of amides is 2. The van der Waals surface area contributed by atoms with Crippen molar-refractivity contribution in [3.8, 4) is 0 Å². The average molecular weight is 526 g/mol. The summed E-state index contributed by atoms with van der Waals surface area (Å²) in [4.78, 5) is 42.1. The van der Waals surface area contributed by atoms with Gasteiger partial charge in [-0.1, -0.05) is 41.4 Å². The number of hydrogen-bond donors (Lipinski definition) is 1. The number of anilines is 2. The van der Waals surface area contributed by atoms with Gasteiger partial charge in [0.1, 0.15) is 0 Å². The summed E-state index contributed by atoms with van der Waals surface area (Å²) in [7, 11) is 0. The molecular weight excluding hydrogens is 501 g/mol. The number of benzene rings is 3. The third kappa shape index (κ3) is 5.80. The van der Waals surface area contributed by atoms with Gasteiger partial charge in [0, 0.05) is 36.8 Å². The fourth-order valence-corrected chi connectivity index (χ4v) is 4.52. The first kappa shape index (κ1) is 25.5. The van der Waals surface area contributed by atoms with Crippen molar-refractivity contribution in [2.45, 2.75) is 6.92 Å². The van der Waals surface area contributed by atoms with Crippen LogP contribution < -0.4 is 10.2 Å². The summed E-state index contributed by atoms with van der Waals surface area (Å²) in [6, 6.07) is 18.8. The van der Waals surface area contributed by atoms with Crippen molar-refractivity contribution >= 4 is 52.4 Å². The van der Waals surface area contributed by atoms with Crippen LogP contribution in [0.2, 0.25) is 10.0 Å². The highest BCUT2D eigenvalue weighted by Crippen LogP contribution is 2.30. The highest BCUT2D eigenvalue weighted by atomic mass is 35.5. The van der Waals surface area contributed by atoms with E-state index in [1.165, 1.54) is 6.07 Å². The first-order valence-electron chi connectivity index (χ1n) is 11.5. The molecule has 1 heterocycles. The van der Waals surface area contributed by atoms with E-state index in [0.29, 0.717) is 48.0 Å². The Labute approximate surface area is 219 Å². The number of esters is 1. The lowest BCUT2D eigenvalue weighted by atomic mass is 10.1. The minimum absolute atomic E-state index is 0.0150. The summed E-state index contributed by atoms with van der Waals surface area (Å²) < 4.78 is 5.13. The molecule has 0 unspecified atom stereocenters. The number of nitrogens with one attached hydrogen (secondary N) is 1. The highest BCUT2D eigenvalue weighted by molar-refractivity contribution is 6.37. The lowest BCUT2D eigenvalue weighted by molar-refractivity contribution is 0.0526. The lowest BCUT2D eigenvalue weighted by Gasteiger charge is -2.37. The summed E-state index contributed by atoms with van der Waals surface area (Å²) in [5.74, 6) is -0.932. The van der Waals surface area contributed by atoms with Crippen LogP contribution in [0.4, 0.5) is 11.4 Å². The van der Waals surface area contributed by atoms with Crippen molar-refractivity contribution < 1.29 is 19.1 Å².